The van der Waals surface area contributed by atoms with Gasteiger partial charge >= 0.3 is 0 Å². The molecule has 1 aromatic heterocycles. The van der Waals surface area contributed by atoms with Gasteiger partial charge in [-0.1, -0.05) is 13.8 Å². The molecule has 0 radical (unpaired) electrons. The summed E-state index contributed by atoms with van der Waals surface area (Å²) in [5.41, 5.74) is 3.71. The average molecular weight is 263 g/mol. The second kappa shape index (κ2) is 5.33. The molecule has 0 aliphatic heterocycles. The van der Waals surface area contributed by atoms with E-state index in [9.17, 15) is 0 Å². The fourth-order valence-corrected chi connectivity index (χ4v) is 2.35. The van der Waals surface area contributed by atoms with Gasteiger partial charge in [-0.25, -0.2) is 15.8 Å². The quantitative estimate of drug-likeness (QED) is 0.631. The molecule has 0 aromatic carbocycles. The van der Waals surface area contributed by atoms with Crippen molar-refractivity contribution < 1.29 is 0 Å². The van der Waals surface area contributed by atoms with E-state index in [4.69, 9.17) is 10.8 Å². The van der Waals surface area contributed by atoms with Gasteiger partial charge in [0.05, 0.1) is 0 Å². The molecule has 5 nitrogen and oxygen atoms in total. The van der Waals surface area contributed by atoms with Gasteiger partial charge in [0.25, 0.3) is 0 Å². The van der Waals surface area contributed by atoms with Crippen molar-refractivity contribution in [2.24, 2.45) is 11.8 Å². The first kappa shape index (κ1) is 14.1. The highest BCUT2D eigenvalue weighted by molar-refractivity contribution is 5.58. The Morgan fingerprint density at radius 2 is 1.89 bits per heavy atom. The van der Waals surface area contributed by atoms with Crippen LogP contribution >= 0.6 is 0 Å². The van der Waals surface area contributed by atoms with Crippen molar-refractivity contribution in [3.8, 4) is 0 Å². The molecule has 1 aliphatic rings. The summed E-state index contributed by atoms with van der Waals surface area (Å²) >= 11 is 0. The molecule has 0 spiro atoms. The van der Waals surface area contributed by atoms with Crippen LogP contribution in [0.3, 0.4) is 0 Å². The Morgan fingerprint density at radius 3 is 2.37 bits per heavy atom. The molecule has 1 heterocycles. The lowest BCUT2D eigenvalue weighted by atomic mass is 10.1. The Labute approximate surface area is 115 Å². The maximum atomic E-state index is 5.58. The zero-order chi connectivity index (χ0) is 14.2. The standard InChI is InChI=1S/C14H25N5/c1-8(2)12-16-13(18-15)9(3)14(17-12)19(5)10(4)11-6-7-11/h8,10-11H,6-7,15H2,1-5H3,(H,16,17,18). The number of nitrogens with zero attached hydrogens (tertiary/aromatic N) is 3. The lowest BCUT2D eigenvalue weighted by Crippen LogP contribution is -2.32. The lowest BCUT2D eigenvalue weighted by Gasteiger charge is -2.28. The number of nitrogens with one attached hydrogen (secondary N) is 1. The van der Waals surface area contributed by atoms with Gasteiger partial charge in [0.1, 0.15) is 17.5 Å². The first-order valence-electron chi connectivity index (χ1n) is 7.03. The van der Waals surface area contributed by atoms with Crippen molar-refractivity contribution in [1.29, 1.82) is 0 Å². The van der Waals surface area contributed by atoms with Crippen molar-refractivity contribution in [3.05, 3.63) is 11.4 Å². The molecule has 1 aliphatic carbocycles. The number of aromatic nitrogens is 2. The summed E-state index contributed by atoms with van der Waals surface area (Å²) in [7, 11) is 2.11. The van der Waals surface area contributed by atoms with E-state index >= 15 is 0 Å². The van der Waals surface area contributed by atoms with E-state index in [0.717, 1.165) is 28.9 Å². The number of hydrogen-bond acceptors (Lipinski definition) is 5. The highest BCUT2D eigenvalue weighted by Gasteiger charge is 2.32. The van der Waals surface area contributed by atoms with Gasteiger partial charge in [0.2, 0.25) is 0 Å². The molecule has 1 aromatic rings. The van der Waals surface area contributed by atoms with E-state index in [1.807, 2.05) is 6.92 Å². The molecule has 3 N–H and O–H groups in total. The highest BCUT2D eigenvalue weighted by atomic mass is 15.3. The Hall–Kier alpha value is -1.36. The molecule has 106 valence electrons. The largest absolute Gasteiger partial charge is 0.356 e. The molecule has 1 atom stereocenters. The van der Waals surface area contributed by atoms with Crippen molar-refractivity contribution in [1.82, 2.24) is 9.97 Å². The Balaban J connectivity index is 2.39. The van der Waals surface area contributed by atoms with Crippen LogP contribution in [0.5, 0.6) is 0 Å². The molecule has 2 rings (SSSR count). The number of hydrogen-bond donors (Lipinski definition) is 2. The zero-order valence-corrected chi connectivity index (χ0v) is 12.6. The van der Waals surface area contributed by atoms with Gasteiger partial charge in [-0.3, -0.25) is 0 Å². The molecule has 1 unspecified atom stereocenters. The van der Waals surface area contributed by atoms with Crippen LogP contribution in [0.15, 0.2) is 0 Å². The van der Waals surface area contributed by atoms with Gasteiger partial charge in [-0.15, -0.1) is 0 Å². The SMILES string of the molecule is Cc1c(NN)nc(C(C)C)nc1N(C)C(C)C1CC1. The minimum atomic E-state index is 0.288. The highest BCUT2D eigenvalue weighted by Crippen LogP contribution is 2.37. The predicted molar refractivity (Wildman–Crippen MR) is 79.3 cm³/mol. The smallest absolute Gasteiger partial charge is 0.148 e. The van der Waals surface area contributed by atoms with Gasteiger partial charge in [0, 0.05) is 24.6 Å². The van der Waals surface area contributed by atoms with Gasteiger partial charge in [0.15, 0.2) is 0 Å². The maximum absolute atomic E-state index is 5.58. The van der Waals surface area contributed by atoms with Crippen LogP contribution < -0.4 is 16.2 Å². The molecule has 0 saturated heterocycles. The number of rotatable bonds is 5. The van der Waals surface area contributed by atoms with Crippen LogP contribution in [0.4, 0.5) is 11.6 Å². The zero-order valence-electron chi connectivity index (χ0n) is 12.6. The van der Waals surface area contributed by atoms with Crippen LogP contribution in [-0.4, -0.2) is 23.1 Å². The molecule has 0 bridgehead atoms. The lowest BCUT2D eigenvalue weighted by molar-refractivity contribution is 0.599. The molecule has 1 fully saturated rings. The van der Waals surface area contributed by atoms with Gasteiger partial charge < -0.3 is 10.3 Å². The summed E-state index contributed by atoms with van der Waals surface area (Å²) in [4.78, 5) is 11.5. The molecular weight excluding hydrogens is 238 g/mol. The summed E-state index contributed by atoms with van der Waals surface area (Å²) < 4.78 is 0. The van der Waals surface area contributed by atoms with Crippen molar-refractivity contribution in [2.45, 2.75) is 52.5 Å². The Bertz CT molecular complexity index is 453. The van der Waals surface area contributed by atoms with E-state index in [0.29, 0.717) is 6.04 Å². The fraction of sp³-hybridized carbons (Fsp3) is 0.714. The van der Waals surface area contributed by atoms with Gasteiger partial charge in [-0.05, 0) is 32.6 Å². The summed E-state index contributed by atoms with van der Waals surface area (Å²) in [6.07, 6.45) is 2.66. The number of anilines is 2. The van der Waals surface area contributed by atoms with Crippen molar-refractivity contribution in [3.63, 3.8) is 0 Å². The number of nitrogen functional groups attached to an aromatic ring is 1. The molecule has 19 heavy (non-hydrogen) atoms. The first-order valence-corrected chi connectivity index (χ1v) is 7.03. The average Bonchev–Trinajstić information content (AvgIpc) is 3.21. The van der Waals surface area contributed by atoms with Crippen LogP contribution in [-0.2, 0) is 0 Å². The molecular formula is C14H25N5. The van der Waals surface area contributed by atoms with Crippen molar-refractivity contribution >= 4 is 11.6 Å². The third-order valence-corrected chi connectivity index (χ3v) is 4.04. The second-order valence-electron chi connectivity index (χ2n) is 5.87. The minimum Gasteiger partial charge on any atom is -0.356 e. The molecule has 0 amide bonds. The van der Waals surface area contributed by atoms with Crippen LogP contribution in [0, 0.1) is 12.8 Å². The second-order valence-corrected chi connectivity index (χ2v) is 5.87. The maximum Gasteiger partial charge on any atom is 0.148 e. The molecule has 1 saturated carbocycles. The Kier molecular flexibility index (Phi) is 3.94. The van der Waals surface area contributed by atoms with Gasteiger partial charge in [-0.2, -0.15) is 0 Å². The van der Waals surface area contributed by atoms with E-state index in [2.05, 4.69) is 43.1 Å². The summed E-state index contributed by atoms with van der Waals surface area (Å²) in [5, 5.41) is 0. The summed E-state index contributed by atoms with van der Waals surface area (Å²) in [6, 6.07) is 0.513. The monoisotopic (exact) mass is 263 g/mol. The van der Waals surface area contributed by atoms with Crippen LogP contribution in [0.25, 0.3) is 0 Å². The van der Waals surface area contributed by atoms with E-state index in [1.54, 1.807) is 0 Å². The summed E-state index contributed by atoms with van der Waals surface area (Å²) in [6.45, 7) is 8.48. The van der Waals surface area contributed by atoms with E-state index in [1.165, 1.54) is 12.8 Å². The Morgan fingerprint density at radius 1 is 1.26 bits per heavy atom. The third-order valence-electron chi connectivity index (χ3n) is 4.04. The fourth-order valence-electron chi connectivity index (χ4n) is 2.35. The predicted octanol–water partition coefficient (Wildman–Crippen LogP) is 2.43. The minimum absolute atomic E-state index is 0.288. The summed E-state index contributed by atoms with van der Waals surface area (Å²) in [5.74, 6) is 9.22. The van der Waals surface area contributed by atoms with Crippen LogP contribution in [0.1, 0.15) is 50.9 Å². The normalized spacial score (nSPS) is 16.6. The van der Waals surface area contributed by atoms with Crippen molar-refractivity contribution in [2.75, 3.05) is 17.4 Å². The van der Waals surface area contributed by atoms with E-state index < -0.39 is 0 Å². The third kappa shape index (κ3) is 2.81. The number of nitrogens with two attached hydrogens (primary N) is 1. The van der Waals surface area contributed by atoms with E-state index in [-0.39, 0.29) is 5.92 Å². The van der Waals surface area contributed by atoms with Crippen LogP contribution in [0.2, 0.25) is 0 Å². The molecule has 5 heteroatoms. The topological polar surface area (TPSA) is 67.1 Å². The first-order chi connectivity index (χ1) is 8.95. The number of hydrazine groups is 1.